The third kappa shape index (κ3) is 6.31. The van der Waals surface area contributed by atoms with E-state index >= 15 is 0 Å². The fourth-order valence-electron chi connectivity index (χ4n) is 3.19. The lowest BCUT2D eigenvalue weighted by atomic mass is 10.0. The Morgan fingerprint density at radius 2 is 2.12 bits per heavy atom. The summed E-state index contributed by atoms with van der Waals surface area (Å²) in [6.45, 7) is 4.00. The second-order valence-electron chi connectivity index (χ2n) is 6.73. The summed E-state index contributed by atoms with van der Waals surface area (Å²) in [5, 5.41) is 12.0. The van der Waals surface area contributed by atoms with E-state index in [0.29, 0.717) is 26.2 Å². The number of morpholine rings is 1. The van der Waals surface area contributed by atoms with E-state index in [9.17, 15) is 9.59 Å². The van der Waals surface area contributed by atoms with Crippen LogP contribution in [0.3, 0.4) is 0 Å². The van der Waals surface area contributed by atoms with Crippen molar-refractivity contribution in [2.24, 2.45) is 0 Å². The molecule has 26 heavy (non-hydrogen) atoms. The Labute approximate surface area is 154 Å². The second-order valence-corrected chi connectivity index (χ2v) is 6.73. The molecule has 0 radical (unpaired) electrons. The van der Waals surface area contributed by atoms with Crippen LogP contribution in [0.25, 0.3) is 0 Å². The lowest BCUT2D eigenvalue weighted by Crippen LogP contribution is -2.52. The molecule has 1 heterocycles. The zero-order chi connectivity index (χ0) is 18.9. The van der Waals surface area contributed by atoms with Crippen LogP contribution in [-0.2, 0) is 9.53 Å². The number of nitrogens with one attached hydrogen (secondary N) is 1. The molecule has 2 unspecified atom stereocenters. The van der Waals surface area contributed by atoms with Gasteiger partial charge < -0.3 is 20.1 Å². The molecular formula is C19H29N3O4. The van der Waals surface area contributed by atoms with Crippen molar-refractivity contribution in [2.45, 2.75) is 31.9 Å². The second kappa shape index (κ2) is 10.1. The molecule has 2 rings (SSSR count). The number of carbonyl (C=O) groups excluding carboxylic acids is 1. The Bertz CT molecular complexity index is 581. The number of carboxylic acids is 1. The van der Waals surface area contributed by atoms with Crippen molar-refractivity contribution in [3.63, 3.8) is 0 Å². The highest BCUT2D eigenvalue weighted by molar-refractivity contribution is 5.75. The van der Waals surface area contributed by atoms with Crippen molar-refractivity contribution in [1.82, 2.24) is 15.1 Å². The highest BCUT2D eigenvalue weighted by atomic mass is 16.5. The number of hydrogen-bond acceptors (Lipinski definition) is 4. The lowest BCUT2D eigenvalue weighted by Gasteiger charge is -2.35. The normalized spacial score (nSPS) is 18.6. The number of amides is 2. The predicted molar refractivity (Wildman–Crippen MR) is 99.1 cm³/mol. The molecule has 1 aromatic carbocycles. The van der Waals surface area contributed by atoms with Crippen molar-refractivity contribution < 1.29 is 19.4 Å². The first-order valence-corrected chi connectivity index (χ1v) is 9.12. The van der Waals surface area contributed by atoms with Crippen LogP contribution in [-0.4, -0.2) is 72.8 Å². The van der Waals surface area contributed by atoms with Gasteiger partial charge in [-0.3, -0.25) is 9.69 Å². The van der Waals surface area contributed by atoms with Gasteiger partial charge in [-0.15, -0.1) is 0 Å². The van der Waals surface area contributed by atoms with Gasteiger partial charge in [-0.25, -0.2) is 4.79 Å². The SMILES string of the molecule is CCCC(NC(=O)N1CCOC(CN(C)CC(=O)O)C1)c1ccccc1. The van der Waals surface area contributed by atoms with Crippen molar-refractivity contribution in [3.8, 4) is 0 Å². The van der Waals surface area contributed by atoms with Crippen LogP contribution in [0.5, 0.6) is 0 Å². The van der Waals surface area contributed by atoms with Gasteiger partial charge in [0, 0.05) is 19.6 Å². The van der Waals surface area contributed by atoms with Crippen LogP contribution in [0.1, 0.15) is 31.4 Å². The molecule has 7 heteroatoms. The first-order chi connectivity index (χ1) is 12.5. The maximum atomic E-state index is 12.7. The van der Waals surface area contributed by atoms with E-state index in [1.807, 2.05) is 30.3 Å². The van der Waals surface area contributed by atoms with Gasteiger partial charge in [0.25, 0.3) is 0 Å². The molecule has 0 aliphatic carbocycles. The Balaban J connectivity index is 1.91. The molecule has 1 aliphatic rings. The van der Waals surface area contributed by atoms with E-state index in [1.54, 1.807) is 16.8 Å². The van der Waals surface area contributed by atoms with E-state index in [-0.39, 0.29) is 24.7 Å². The Morgan fingerprint density at radius 1 is 1.38 bits per heavy atom. The summed E-state index contributed by atoms with van der Waals surface area (Å²) < 4.78 is 5.69. The molecule has 0 bridgehead atoms. The smallest absolute Gasteiger partial charge is 0.318 e. The highest BCUT2D eigenvalue weighted by Crippen LogP contribution is 2.19. The minimum Gasteiger partial charge on any atom is -0.480 e. The summed E-state index contributed by atoms with van der Waals surface area (Å²) in [5.74, 6) is -0.872. The molecule has 2 amide bonds. The van der Waals surface area contributed by atoms with E-state index in [4.69, 9.17) is 9.84 Å². The van der Waals surface area contributed by atoms with Crippen molar-refractivity contribution >= 4 is 12.0 Å². The maximum absolute atomic E-state index is 12.7. The quantitative estimate of drug-likeness (QED) is 0.738. The standard InChI is InChI=1S/C19H29N3O4/c1-3-7-17(15-8-5-4-6-9-15)20-19(25)22-10-11-26-16(13-22)12-21(2)14-18(23)24/h4-6,8-9,16-17H,3,7,10-14H2,1-2H3,(H,20,25)(H,23,24). The van der Waals surface area contributed by atoms with Crippen LogP contribution >= 0.6 is 0 Å². The van der Waals surface area contributed by atoms with Gasteiger partial charge in [-0.1, -0.05) is 43.7 Å². The molecule has 0 aromatic heterocycles. The molecule has 7 nitrogen and oxygen atoms in total. The molecule has 0 spiro atoms. The lowest BCUT2D eigenvalue weighted by molar-refractivity contribution is -0.138. The Kier molecular flexibility index (Phi) is 7.87. The van der Waals surface area contributed by atoms with Crippen LogP contribution in [0.4, 0.5) is 4.79 Å². The number of aliphatic carboxylic acids is 1. The van der Waals surface area contributed by atoms with Gasteiger partial charge in [0.2, 0.25) is 0 Å². The summed E-state index contributed by atoms with van der Waals surface area (Å²) in [4.78, 5) is 27.0. The van der Waals surface area contributed by atoms with Crippen molar-refractivity contribution in [1.29, 1.82) is 0 Å². The molecule has 1 aliphatic heterocycles. The number of likely N-dealkylation sites (N-methyl/N-ethyl adjacent to an activating group) is 1. The molecule has 1 saturated heterocycles. The van der Waals surface area contributed by atoms with Crippen LogP contribution in [0.15, 0.2) is 30.3 Å². The number of nitrogens with zero attached hydrogens (tertiary/aromatic N) is 2. The Hall–Kier alpha value is -2.12. The monoisotopic (exact) mass is 363 g/mol. The summed E-state index contributed by atoms with van der Waals surface area (Å²) in [6, 6.07) is 9.88. The third-order valence-electron chi connectivity index (χ3n) is 4.42. The molecule has 1 fully saturated rings. The highest BCUT2D eigenvalue weighted by Gasteiger charge is 2.27. The van der Waals surface area contributed by atoms with Crippen LogP contribution in [0, 0.1) is 0 Å². The molecule has 144 valence electrons. The average Bonchev–Trinajstić information content (AvgIpc) is 2.61. The van der Waals surface area contributed by atoms with Gasteiger partial charge in [0.05, 0.1) is 25.3 Å². The van der Waals surface area contributed by atoms with Gasteiger partial charge in [-0.05, 0) is 19.0 Å². The maximum Gasteiger partial charge on any atom is 0.318 e. The molecular weight excluding hydrogens is 334 g/mol. The minimum absolute atomic E-state index is 0.00956. The summed E-state index contributed by atoms with van der Waals surface area (Å²) in [7, 11) is 1.74. The first kappa shape index (κ1) is 20.2. The number of carboxylic acid groups (broad SMARTS) is 1. The number of hydrogen-bond donors (Lipinski definition) is 2. The first-order valence-electron chi connectivity index (χ1n) is 9.12. The van der Waals surface area contributed by atoms with Gasteiger partial charge in [0.1, 0.15) is 0 Å². The fourth-order valence-corrected chi connectivity index (χ4v) is 3.19. The molecule has 0 saturated carbocycles. The number of carbonyl (C=O) groups is 2. The van der Waals surface area contributed by atoms with Crippen LogP contribution in [0.2, 0.25) is 0 Å². The Morgan fingerprint density at radius 3 is 2.77 bits per heavy atom. The molecule has 2 N–H and O–H groups in total. The van der Waals surface area contributed by atoms with E-state index in [0.717, 1.165) is 18.4 Å². The third-order valence-corrected chi connectivity index (χ3v) is 4.42. The zero-order valence-corrected chi connectivity index (χ0v) is 15.6. The summed E-state index contributed by atoms with van der Waals surface area (Å²) in [6.07, 6.45) is 1.68. The number of ether oxygens (including phenoxy) is 1. The van der Waals surface area contributed by atoms with Gasteiger partial charge in [-0.2, -0.15) is 0 Å². The number of rotatable bonds is 8. The largest absolute Gasteiger partial charge is 0.480 e. The van der Waals surface area contributed by atoms with E-state index in [1.165, 1.54) is 0 Å². The van der Waals surface area contributed by atoms with Gasteiger partial charge in [0.15, 0.2) is 0 Å². The minimum atomic E-state index is -0.872. The molecule has 1 aromatic rings. The number of urea groups is 1. The van der Waals surface area contributed by atoms with Crippen LogP contribution < -0.4 is 5.32 Å². The molecule has 2 atom stereocenters. The zero-order valence-electron chi connectivity index (χ0n) is 15.6. The summed E-state index contributed by atoms with van der Waals surface area (Å²) >= 11 is 0. The topological polar surface area (TPSA) is 82.1 Å². The van der Waals surface area contributed by atoms with Crippen molar-refractivity contribution in [2.75, 3.05) is 39.8 Å². The van der Waals surface area contributed by atoms with E-state index < -0.39 is 5.97 Å². The predicted octanol–water partition coefficient (Wildman–Crippen LogP) is 1.95. The average molecular weight is 363 g/mol. The van der Waals surface area contributed by atoms with Gasteiger partial charge >= 0.3 is 12.0 Å². The fraction of sp³-hybridized carbons (Fsp3) is 0.579. The number of benzene rings is 1. The summed E-state index contributed by atoms with van der Waals surface area (Å²) in [5.41, 5.74) is 1.11. The van der Waals surface area contributed by atoms with Crippen molar-refractivity contribution in [3.05, 3.63) is 35.9 Å². The van der Waals surface area contributed by atoms with E-state index in [2.05, 4.69) is 12.2 Å².